The second kappa shape index (κ2) is 6.21. The number of piperazine rings is 1. The molecule has 2 fully saturated rings. The molecular formula is C14H26N4O2S. The topological polar surface area (TPSA) is 76.4 Å². The van der Waals surface area contributed by atoms with Gasteiger partial charge in [0.25, 0.3) is 0 Å². The van der Waals surface area contributed by atoms with Crippen molar-refractivity contribution in [2.75, 3.05) is 32.4 Å². The summed E-state index contributed by atoms with van der Waals surface area (Å²) in [5.41, 5.74) is -0.410. The highest BCUT2D eigenvalue weighted by atomic mass is 32.2. The number of rotatable bonds is 4. The Hall–Kier alpha value is -0.680. The Morgan fingerprint density at radius 2 is 1.90 bits per heavy atom. The van der Waals surface area contributed by atoms with Gasteiger partial charge in [-0.15, -0.1) is 0 Å². The van der Waals surface area contributed by atoms with E-state index >= 15 is 0 Å². The minimum absolute atomic E-state index is 0.297. The van der Waals surface area contributed by atoms with Crippen LogP contribution in [0.5, 0.6) is 0 Å². The lowest BCUT2D eigenvalue weighted by Crippen LogP contribution is -2.52. The van der Waals surface area contributed by atoms with E-state index in [1.807, 2.05) is 0 Å². The molecular weight excluding hydrogens is 288 g/mol. The Morgan fingerprint density at radius 1 is 1.29 bits per heavy atom. The van der Waals surface area contributed by atoms with Crippen molar-refractivity contribution < 1.29 is 8.42 Å². The third-order valence-corrected chi connectivity index (χ3v) is 5.83. The van der Waals surface area contributed by atoms with Gasteiger partial charge in [0.05, 0.1) is 12.3 Å². The smallest absolute Gasteiger partial charge is 0.211 e. The third-order valence-electron chi connectivity index (χ3n) is 4.53. The zero-order valence-corrected chi connectivity index (χ0v) is 14.0. The molecule has 120 valence electrons. The summed E-state index contributed by atoms with van der Waals surface area (Å²) in [7, 11) is -3.07. The maximum absolute atomic E-state index is 11.5. The van der Waals surface area contributed by atoms with Crippen molar-refractivity contribution in [2.45, 2.75) is 50.7 Å². The number of nitriles is 1. The van der Waals surface area contributed by atoms with Crippen LogP contribution >= 0.6 is 0 Å². The predicted octanol–water partition coefficient (Wildman–Crippen LogP) is 0.376. The van der Waals surface area contributed by atoms with Gasteiger partial charge in [-0.25, -0.2) is 8.42 Å². The van der Waals surface area contributed by atoms with Crippen LogP contribution in [0.15, 0.2) is 0 Å². The molecule has 0 aromatic rings. The highest BCUT2D eigenvalue weighted by molar-refractivity contribution is 7.88. The molecule has 2 aliphatic rings. The van der Waals surface area contributed by atoms with Crippen LogP contribution in [0, 0.1) is 11.3 Å². The van der Waals surface area contributed by atoms with Gasteiger partial charge in [0.2, 0.25) is 10.0 Å². The largest absolute Gasteiger partial charge is 0.298 e. The molecule has 0 spiro atoms. The molecule has 2 atom stereocenters. The molecule has 2 rings (SSSR count). The van der Waals surface area contributed by atoms with Crippen molar-refractivity contribution >= 4 is 10.0 Å². The molecule has 1 heterocycles. The summed E-state index contributed by atoms with van der Waals surface area (Å²) in [6.07, 6.45) is 3.98. The van der Waals surface area contributed by atoms with E-state index in [1.165, 1.54) is 6.26 Å². The molecule has 1 aliphatic heterocycles. The third kappa shape index (κ3) is 3.95. The van der Waals surface area contributed by atoms with E-state index in [1.54, 1.807) is 4.31 Å². The molecule has 21 heavy (non-hydrogen) atoms. The molecule has 1 aliphatic carbocycles. The monoisotopic (exact) mass is 314 g/mol. The number of hydrogen-bond acceptors (Lipinski definition) is 5. The summed E-state index contributed by atoms with van der Waals surface area (Å²) in [6, 6.07) is 3.15. The minimum atomic E-state index is -3.07. The standard InChI is InChI=1S/C14H26N4O2S/c1-12(2)16-14(11-15)5-4-13(10-14)17-6-8-18(9-7-17)21(3,19)20/h12-13,16H,4-10H2,1-3H3. The molecule has 0 radical (unpaired) electrons. The predicted molar refractivity (Wildman–Crippen MR) is 82.2 cm³/mol. The van der Waals surface area contributed by atoms with Gasteiger partial charge in [-0.05, 0) is 33.1 Å². The molecule has 1 N–H and O–H groups in total. The Labute approximate surface area is 128 Å². The normalized spacial score (nSPS) is 32.4. The second-order valence-corrected chi connectivity index (χ2v) is 8.57. The van der Waals surface area contributed by atoms with Gasteiger partial charge >= 0.3 is 0 Å². The summed E-state index contributed by atoms with van der Waals surface area (Å²) < 4.78 is 24.6. The first-order valence-electron chi connectivity index (χ1n) is 7.64. The first-order valence-corrected chi connectivity index (χ1v) is 9.49. The summed E-state index contributed by atoms with van der Waals surface area (Å²) in [5.74, 6) is 0. The van der Waals surface area contributed by atoms with Crippen molar-refractivity contribution in [1.29, 1.82) is 5.26 Å². The maximum Gasteiger partial charge on any atom is 0.211 e. The van der Waals surface area contributed by atoms with Gasteiger partial charge in [0.1, 0.15) is 5.54 Å². The van der Waals surface area contributed by atoms with Crippen LogP contribution in [0.25, 0.3) is 0 Å². The van der Waals surface area contributed by atoms with Crippen molar-refractivity contribution in [3.8, 4) is 6.07 Å². The fraction of sp³-hybridized carbons (Fsp3) is 0.929. The van der Waals surface area contributed by atoms with Crippen LogP contribution in [0.1, 0.15) is 33.1 Å². The molecule has 2 unspecified atom stereocenters. The Bertz CT molecular complexity index is 506. The van der Waals surface area contributed by atoms with Crippen molar-refractivity contribution in [3.05, 3.63) is 0 Å². The van der Waals surface area contributed by atoms with Crippen molar-refractivity contribution in [2.24, 2.45) is 0 Å². The summed E-state index contributed by atoms with van der Waals surface area (Å²) in [5, 5.41) is 12.9. The van der Waals surface area contributed by atoms with Gasteiger partial charge in [0.15, 0.2) is 0 Å². The average Bonchev–Trinajstić information content (AvgIpc) is 2.82. The van der Waals surface area contributed by atoms with E-state index in [2.05, 4.69) is 30.1 Å². The number of hydrogen-bond donors (Lipinski definition) is 1. The molecule has 0 bridgehead atoms. The molecule has 1 saturated carbocycles. The lowest BCUT2D eigenvalue weighted by atomic mass is 9.98. The minimum Gasteiger partial charge on any atom is -0.298 e. The van der Waals surface area contributed by atoms with Gasteiger partial charge in [-0.1, -0.05) is 0 Å². The lowest BCUT2D eigenvalue weighted by molar-refractivity contribution is 0.135. The Balaban J connectivity index is 1.93. The summed E-state index contributed by atoms with van der Waals surface area (Å²) in [4.78, 5) is 2.35. The number of sulfonamides is 1. The average molecular weight is 314 g/mol. The maximum atomic E-state index is 11.5. The zero-order valence-electron chi connectivity index (χ0n) is 13.2. The van der Waals surface area contributed by atoms with Gasteiger partial charge in [0, 0.05) is 38.3 Å². The van der Waals surface area contributed by atoms with Gasteiger partial charge in [-0.3, -0.25) is 10.2 Å². The quantitative estimate of drug-likeness (QED) is 0.812. The molecule has 0 aromatic carbocycles. The van der Waals surface area contributed by atoms with Crippen LogP contribution in [0.2, 0.25) is 0 Å². The summed E-state index contributed by atoms with van der Waals surface area (Å²) >= 11 is 0. The highest BCUT2D eigenvalue weighted by Crippen LogP contribution is 2.33. The molecule has 6 nitrogen and oxygen atoms in total. The first-order chi connectivity index (χ1) is 9.76. The Kier molecular flexibility index (Phi) is 4.93. The van der Waals surface area contributed by atoms with Crippen molar-refractivity contribution in [1.82, 2.24) is 14.5 Å². The SMILES string of the molecule is CC(C)NC1(C#N)CCC(N2CCN(S(C)(=O)=O)CC2)C1. The molecule has 1 saturated heterocycles. The van der Waals surface area contributed by atoms with Crippen LogP contribution < -0.4 is 5.32 Å². The second-order valence-electron chi connectivity index (χ2n) is 6.59. The first kappa shape index (κ1) is 16.7. The fourth-order valence-corrected chi connectivity index (χ4v) is 4.38. The Morgan fingerprint density at radius 3 is 2.38 bits per heavy atom. The van der Waals surface area contributed by atoms with E-state index in [0.717, 1.165) is 32.4 Å². The summed E-state index contributed by atoms with van der Waals surface area (Å²) in [6.45, 7) is 6.79. The zero-order chi connectivity index (χ0) is 15.7. The van der Waals surface area contributed by atoms with E-state index in [9.17, 15) is 13.7 Å². The van der Waals surface area contributed by atoms with Crippen LogP contribution in [0.3, 0.4) is 0 Å². The van der Waals surface area contributed by atoms with E-state index in [4.69, 9.17) is 0 Å². The van der Waals surface area contributed by atoms with E-state index < -0.39 is 15.6 Å². The van der Waals surface area contributed by atoms with Crippen LogP contribution in [0.4, 0.5) is 0 Å². The fourth-order valence-electron chi connectivity index (χ4n) is 3.55. The van der Waals surface area contributed by atoms with Gasteiger partial charge in [-0.2, -0.15) is 9.57 Å². The number of nitrogens with one attached hydrogen (secondary N) is 1. The highest BCUT2D eigenvalue weighted by Gasteiger charge is 2.42. The number of nitrogens with zero attached hydrogens (tertiary/aromatic N) is 3. The molecule has 0 aromatic heterocycles. The van der Waals surface area contributed by atoms with E-state index in [0.29, 0.717) is 25.2 Å². The molecule has 0 amide bonds. The van der Waals surface area contributed by atoms with Crippen LogP contribution in [-0.4, -0.2) is 67.7 Å². The van der Waals surface area contributed by atoms with Crippen LogP contribution in [-0.2, 0) is 10.0 Å². The molecule has 7 heteroatoms. The van der Waals surface area contributed by atoms with Gasteiger partial charge < -0.3 is 0 Å². The van der Waals surface area contributed by atoms with E-state index in [-0.39, 0.29) is 0 Å². The van der Waals surface area contributed by atoms with Crippen molar-refractivity contribution in [3.63, 3.8) is 0 Å². The lowest BCUT2D eigenvalue weighted by Gasteiger charge is -2.37.